The molecule has 0 radical (unpaired) electrons. The normalized spacial score (nSPS) is 14.5. The molecule has 0 spiro atoms. The first kappa shape index (κ1) is 26.8. The fourth-order valence-electron chi connectivity index (χ4n) is 4.20. The molecule has 2 aromatic carbocycles. The molecule has 1 amide bonds. The van der Waals surface area contributed by atoms with Crippen LogP contribution >= 0.6 is 11.8 Å². The van der Waals surface area contributed by atoms with Gasteiger partial charge in [-0.2, -0.15) is 0 Å². The number of thioether (sulfide) groups is 1. The Balaban J connectivity index is 1.60. The van der Waals surface area contributed by atoms with Crippen LogP contribution in [-0.2, 0) is 16.1 Å². The third-order valence-electron chi connectivity index (χ3n) is 6.06. The third-order valence-corrected chi connectivity index (χ3v) is 7.14. The number of carbonyl (C=O) groups excluding carboxylic acids is 3. The molecule has 1 fully saturated rings. The topological polar surface area (TPSA) is 81.7 Å². The fourth-order valence-corrected chi connectivity index (χ4v) is 5.05. The van der Waals surface area contributed by atoms with Crippen molar-refractivity contribution in [2.75, 3.05) is 12.4 Å². The van der Waals surface area contributed by atoms with Crippen LogP contribution in [0.5, 0.6) is 5.75 Å². The number of Topliss-reactive ketones (excluding diaryl/α,β-unsaturated/α-hetero) is 1. The Kier molecular flexibility index (Phi) is 10.7. The lowest BCUT2D eigenvalue weighted by Crippen LogP contribution is -2.36. The van der Waals surface area contributed by atoms with Gasteiger partial charge in [0.1, 0.15) is 12.4 Å². The van der Waals surface area contributed by atoms with Crippen LogP contribution in [0.2, 0.25) is 0 Å². The highest BCUT2D eigenvalue weighted by molar-refractivity contribution is 8.00. The zero-order chi connectivity index (χ0) is 25.0. The number of esters is 1. The summed E-state index contributed by atoms with van der Waals surface area (Å²) in [6, 6.07) is 12.5. The number of nitrogens with one attached hydrogen (secondary N) is 1. The molecule has 0 saturated heterocycles. The molecule has 0 aromatic heterocycles. The van der Waals surface area contributed by atoms with Gasteiger partial charge in [-0.05, 0) is 57.0 Å². The fraction of sp³-hybridized carbons (Fsp3) is 0.464. The number of benzene rings is 2. The molecule has 1 N–H and O–H groups in total. The van der Waals surface area contributed by atoms with Gasteiger partial charge in [-0.25, -0.2) is 4.79 Å². The lowest BCUT2D eigenvalue weighted by Gasteiger charge is -2.21. The summed E-state index contributed by atoms with van der Waals surface area (Å²) in [5, 5.41) is 3.17. The zero-order valence-corrected chi connectivity index (χ0v) is 21.5. The molecule has 0 aliphatic heterocycles. The molecular formula is C28H35NO5S. The first-order valence-corrected chi connectivity index (χ1v) is 13.4. The maximum absolute atomic E-state index is 12.9. The number of carbonyl (C=O) groups is 3. The van der Waals surface area contributed by atoms with E-state index in [1.54, 1.807) is 30.3 Å². The van der Waals surface area contributed by atoms with Gasteiger partial charge < -0.3 is 14.8 Å². The van der Waals surface area contributed by atoms with Crippen molar-refractivity contribution in [1.82, 2.24) is 5.32 Å². The first-order chi connectivity index (χ1) is 17.0. The van der Waals surface area contributed by atoms with E-state index in [1.807, 2.05) is 19.1 Å². The summed E-state index contributed by atoms with van der Waals surface area (Å²) in [6.45, 7) is 3.81. The summed E-state index contributed by atoms with van der Waals surface area (Å²) >= 11 is 1.34. The van der Waals surface area contributed by atoms with Gasteiger partial charge >= 0.3 is 5.97 Å². The molecule has 3 rings (SSSR count). The molecule has 188 valence electrons. The molecule has 7 heteroatoms. The number of ether oxygens (including phenoxy) is 2. The second-order valence-electron chi connectivity index (χ2n) is 8.78. The molecule has 0 heterocycles. The van der Waals surface area contributed by atoms with Gasteiger partial charge in [0.15, 0.2) is 5.78 Å². The SMILES string of the molecule is CCOc1ccc(C(C)=O)cc1COC(=O)c1ccccc1SCC(=O)NC1CCCCCCC1. The quantitative estimate of drug-likeness (QED) is 0.248. The van der Waals surface area contributed by atoms with E-state index in [0.29, 0.717) is 33.9 Å². The highest BCUT2D eigenvalue weighted by atomic mass is 32.2. The van der Waals surface area contributed by atoms with Crippen molar-refractivity contribution in [2.24, 2.45) is 0 Å². The molecule has 1 aliphatic carbocycles. The van der Waals surface area contributed by atoms with Crippen LogP contribution in [0.15, 0.2) is 47.4 Å². The number of amides is 1. The Morgan fingerprint density at radius 2 is 1.71 bits per heavy atom. The van der Waals surface area contributed by atoms with Crippen LogP contribution in [0.4, 0.5) is 0 Å². The van der Waals surface area contributed by atoms with E-state index in [0.717, 1.165) is 25.7 Å². The number of ketones is 1. The van der Waals surface area contributed by atoms with Crippen molar-refractivity contribution in [1.29, 1.82) is 0 Å². The Labute approximate surface area is 212 Å². The smallest absolute Gasteiger partial charge is 0.339 e. The van der Waals surface area contributed by atoms with E-state index < -0.39 is 5.97 Å². The summed E-state index contributed by atoms with van der Waals surface area (Å²) in [5.74, 6) is 0.268. The van der Waals surface area contributed by atoms with Crippen molar-refractivity contribution in [2.45, 2.75) is 76.3 Å². The van der Waals surface area contributed by atoms with Crippen LogP contribution in [0.25, 0.3) is 0 Å². The van der Waals surface area contributed by atoms with E-state index in [9.17, 15) is 14.4 Å². The van der Waals surface area contributed by atoms with E-state index in [2.05, 4.69) is 5.32 Å². The molecule has 6 nitrogen and oxygen atoms in total. The Bertz CT molecular complexity index is 1010. The zero-order valence-electron chi connectivity index (χ0n) is 20.6. The van der Waals surface area contributed by atoms with E-state index in [-0.39, 0.29) is 30.1 Å². The summed E-state index contributed by atoms with van der Waals surface area (Å²) in [4.78, 5) is 38.0. The van der Waals surface area contributed by atoms with Crippen molar-refractivity contribution < 1.29 is 23.9 Å². The van der Waals surface area contributed by atoms with Gasteiger partial charge in [-0.3, -0.25) is 9.59 Å². The van der Waals surface area contributed by atoms with Gasteiger partial charge in [0.25, 0.3) is 0 Å². The highest BCUT2D eigenvalue weighted by Crippen LogP contribution is 2.26. The average Bonchev–Trinajstić information content (AvgIpc) is 2.83. The van der Waals surface area contributed by atoms with Gasteiger partial charge in [-0.1, -0.05) is 44.2 Å². The van der Waals surface area contributed by atoms with Gasteiger partial charge in [0.05, 0.1) is 17.9 Å². The monoisotopic (exact) mass is 497 g/mol. The predicted octanol–water partition coefficient (Wildman–Crippen LogP) is 5.97. The van der Waals surface area contributed by atoms with Crippen LogP contribution in [0, 0.1) is 0 Å². The standard InChI is InChI=1S/C28H35NO5S/c1-3-33-25-16-15-21(20(2)30)17-22(25)18-34-28(32)24-13-9-10-14-26(24)35-19-27(31)29-23-11-7-5-4-6-8-12-23/h9-10,13-17,23H,3-8,11-12,18-19H2,1-2H3,(H,29,31). The van der Waals surface area contributed by atoms with Gasteiger partial charge in [-0.15, -0.1) is 11.8 Å². The molecule has 0 bridgehead atoms. The largest absolute Gasteiger partial charge is 0.493 e. The molecule has 2 aromatic rings. The lowest BCUT2D eigenvalue weighted by atomic mass is 9.97. The number of hydrogen-bond acceptors (Lipinski definition) is 6. The summed E-state index contributed by atoms with van der Waals surface area (Å²) in [5.41, 5.74) is 1.58. The minimum Gasteiger partial charge on any atom is -0.493 e. The second kappa shape index (κ2) is 13.9. The number of rotatable bonds is 10. The van der Waals surface area contributed by atoms with Crippen LogP contribution in [-0.4, -0.2) is 36.1 Å². The first-order valence-electron chi connectivity index (χ1n) is 12.4. The third kappa shape index (κ3) is 8.42. The van der Waals surface area contributed by atoms with Gasteiger partial charge in [0.2, 0.25) is 5.91 Å². The molecule has 0 atom stereocenters. The van der Waals surface area contributed by atoms with Crippen molar-refractivity contribution in [3.05, 3.63) is 59.2 Å². The van der Waals surface area contributed by atoms with E-state index in [1.165, 1.54) is 37.9 Å². The van der Waals surface area contributed by atoms with Gasteiger partial charge in [0, 0.05) is 22.1 Å². The average molecular weight is 498 g/mol. The van der Waals surface area contributed by atoms with Crippen LogP contribution < -0.4 is 10.1 Å². The molecule has 35 heavy (non-hydrogen) atoms. The van der Waals surface area contributed by atoms with Crippen LogP contribution in [0.3, 0.4) is 0 Å². The van der Waals surface area contributed by atoms with Crippen molar-refractivity contribution in [3.8, 4) is 5.75 Å². The summed E-state index contributed by atoms with van der Waals surface area (Å²) in [6.07, 6.45) is 8.16. The molecular weight excluding hydrogens is 462 g/mol. The second-order valence-corrected chi connectivity index (χ2v) is 9.80. The predicted molar refractivity (Wildman–Crippen MR) is 138 cm³/mol. The molecule has 0 unspecified atom stereocenters. The Hall–Kier alpha value is -2.80. The Morgan fingerprint density at radius 1 is 1.00 bits per heavy atom. The van der Waals surface area contributed by atoms with Crippen LogP contribution in [0.1, 0.15) is 85.1 Å². The van der Waals surface area contributed by atoms with E-state index in [4.69, 9.17) is 9.47 Å². The Morgan fingerprint density at radius 3 is 2.43 bits per heavy atom. The molecule has 1 saturated carbocycles. The maximum atomic E-state index is 12.9. The maximum Gasteiger partial charge on any atom is 0.339 e. The minimum atomic E-state index is -0.482. The van der Waals surface area contributed by atoms with Crippen molar-refractivity contribution in [3.63, 3.8) is 0 Å². The summed E-state index contributed by atoms with van der Waals surface area (Å²) < 4.78 is 11.2. The minimum absolute atomic E-state index is 0.00820. The lowest BCUT2D eigenvalue weighted by molar-refractivity contribution is -0.119. The number of hydrogen-bond donors (Lipinski definition) is 1. The highest BCUT2D eigenvalue weighted by Gasteiger charge is 2.18. The molecule has 1 aliphatic rings. The van der Waals surface area contributed by atoms with E-state index >= 15 is 0 Å². The van der Waals surface area contributed by atoms with Crippen molar-refractivity contribution >= 4 is 29.4 Å². The summed E-state index contributed by atoms with van der Waals surface area (Å²) in [7, 11) is 0.